The predicted molar refractivity (Wildman–Crippen MR) is 119 cm³/mol. The van der Waals surface area contributed by atoms with Gasteiger partial charge in [-0.05, 0) is 19.4 Å². The number of nitro groups is 1. The number of nitrogens with one attached hydrogen (secondary N) is 1. The smallest absolute Gasteiger partial charge is 0.352 e. The third-order valence-electron chi connectivity index (χ3n) is 5.00. The number of carbonyl (C=O) groups excluding carboxylic acids is 2. The lowest BCUT2D eigenvalue weighted by atomic mass is 10.0. The first kappa shape index (κ1) is 23.2. The van der Waals surface area contributed by atoms with Gasteiger partial charge in [-0.2, -0.15) is 5.10 Å². The maximum Gasteiger partial charge on any atom is 0.352 e. The Hall–Kier alpha value is -2.98. The van der Waals surface area contributed by atoms with Crippen LogP contribution in [0.2, 0.25) is 0 Å². The number of thioether (sulfide) groups is 2. The SMILES string of the molecule is Cc1nnc(SCC2=C(C(=O)O)N3C(=O)[C@H](NC(=O)[C@@H](C)n4cc([N+](=O)[O-])cn4)[C@@H]3SC2)s1. The molecule has 13 nitrogen and oxygen atoms in total. The van der Waals surface area contributed by atoms with Crippen LogP contribution in [0, 0.1) is 17.0 Å². The van der Waals surface area contributed by atoms with Crippen LogP contribution in [0.4, 0.5) is 5.69 Å². The molecule has 2 aromatic heterocycles. The molecule has 1 fully saturated rings. The quantitative estimate of drug-likeness (QED) is 0.224. The van der Waals surface area contributed by atoms with Crippen LogP contribution in [-0.4, -0.2) is 75.6 Å². The monoisotopic (exact) mass is 511 g/mol. The van der Waals surface area contributed by atoms with Crippen molar-refractivity contribution in [1.82, 2.24) is 30.2 Å². The Bertz CT molecular complexity index is 1180. The lowest BCUT2D eigenvalue weighted by molar-refractivity contribution is -0.385. The molecule has 0 unspecified atom stereocenters. The summed E-state index contributed by atoms with van der Waals surface area (Å²) in [5.74, 6) is -1.55. The van der Waals surface area contributed by atoms with E-state index in [1.165, 1.54) is 46.7 Å². The van der Waals surface area contributed by atoms with Crippen molar-refractivity contribution in [2.45, 2.75) is 35.6 Å². The number of carbonyl (C=O) groups is 3. The first-order chi connectivity index (χ1) is 15.7. The molecule has 0 aliphatic carbocycles. The van der Waals surface area contributed by atoms with Crippen LogP contribution in [0.5, 0.6) is 0 Å². The van der Waals surface area contributed by atoms with Crippen LogP contribution in [0.25, 0.3) is 0 Å². The fourth-order valence-corrected chi connectivity index (χ4v) is 6.61. The van der Waals surface area contributed by atoms with Gasteiger partial charge in [0.1, 0.15) is 40.6 Å². The van der Waals surface area contributed by atoms with Crippen molar-refractivity contribution in [3.63, 3.8) is 0 Å². The number of aliphatic carboxylic acids is 1. The van der Waals surface area contributed by atoms with E-state index >= 15 is 0 Å². The van der Waals surface area contributed by atoms with E-state index in [2.05, 4.69) is 20.6 Å². The molecule has 174 valence electrons. The second-order valence-corrected chi connectivity index (χ2v) is 10.6. The summed E-state index contributed by atoms with van der Waals surface area (Å²) in [5, 5.41) is 35.2. The Morgan fingerprint density at radius 1 is 1.45 bits per heavy atom. The number of carboxylic acids is 1. The Labute approximate surface area is 198 Å². The van der Waals surface area contributed by atoms with Gasteiger partial charge in [0.25, 0.3) is 5.91 Å². The van der Waals surface area contributed by atoms with E-state index in [1.807, 2.05) is 6.92 Å². The summed E-state index contributed by atoms with van der Waals surface area (Å²) in [4.78, 5) is 48.7. The van der Waals surface area contributed by atoms with Crippen molar-refractivity contribution in [2.75, 3.05) is 11.5 Å². The highest BCUT2D eigenvalue weighted by Crippen LogP contribution is 2.41. The molecular formula is C17H17N7O6S3. The predicted octanol–water partition coefficient (Wildman–Crippen LogP) is 1.04. The first-order valence-corrected chi connectivity index (χ1v) is 12.3. The Morgan fingerprint density at radius 3 is 2.82 bits per heavy atom. The minimum absolute atomic E-state index is 0.0706. The van der Waals surface area contributed by atoms with Crippen LogP contribution in [0.1, 0.15) is 18.0 Å². The number of carboxylic acid groups (broad SMARTS) is 1. The van der Waals surface area contributed by atoms with E-state index in [-0.39, 0.29) is 11.4 Å². The van der Waals surface area contributed by atoms with E-state index < -0.39 is 40.2 Å². The fraction of sp³-hybridized carbons (Fsp3) is 0.412. The number of fused-ring (bicyclic) bond motifs is 1. The molecule has 0 saturated carbocycles. The lowest BCUT2D eigenvalue weighted by Gasteiger charge is -2.49. The third kappa shape index (κ3) is 4.45. The molecule has 1 saturated heterocycles. The average Bonchev–Trinajstić information content (AvgIpc) is 3.43. The van der Waals surface area contributed by atoms with Crippen molar-refractivity contribution in [3.05, 3.63) is 38.8 Å². The standard InChI is InChI=1S/C17H17N7O6S3/c1-7(22-4-10(3-18-22)24(29)30)13(25)19-11-14(26)23-12(16(27)28)9(5-31-15(11)23)6-32-17-21-20-8(2)33-17/h3-4,7,11,15H,5-6H2,1-2H3,(H,19,25)(H,27,28)/t7-,11+,15+/m1/s1. The van der Waals surface area contributed by atoms with Gasteiger partial charge in [-0.15, -0.1) is 22.0 Å². The van der Waals surface area contributed by atoms with Gasteiger partial charge in [0.15, 0.2) is 4.34 Å². The molecule has 0 bridgehead atoms. The zero-order valence-corrected chi connectivity index (χ0v) is 19.6. The van der Waals surface area contributed by atoms with Crippen molar-refractivity contribution in [1.29, 1.82) is 0 Å². The number of amides is 2. The summed E-state index contributed by atoms with van der Waals surface area (Å²) in [6.45, 7) is 3.32. The number of hydrogen-bond acceptors (Lipinski definition) is 11. The molecule has 4 rings (SSSR count). The number of nitrogens with zero attached hydrogens (tertiary/aromatic N) is 6. The highest BCUT2D eigenvalue weighted by Gasteiger charge is 2.54. The van der Waals surface area contributed by atoms with Gasteiger partial charge >= 0.3 is 11.7 Å². The van der Waals surface area contributed by atoms with Gasteiger partial charge < -0.3 is 10.4 Å². The van der Waals surface area contributed by atoms with Gasteiger partial charge in [-0.3, -0.25) is 29.3 Å². The number of rotatable bonds is 8. The van der Waals surface area contributed by atoms with Crippen LogP contribution in [-0.2, 0) is 14.4 Å². The summed E-state index contributed by atoms with van der Waals surface area (Å²) in [5.41, 5.74) is 0.268. The molecule has 0 radical (unpaired) electrons. The van der Waals surface area contributed by atoms with Crippen molar-refractivity contribution >= 4 is 58.3 Å². The molecule has 4 heterocycles. The van der Waals surface area contributed by atoms with Crippen LogP contribution in [0.3, 0.4) is 0 Å². The Balaban J connectivity index is 1.44. The van der Waals surface area contributed by atoms with E-state index in [0.717, 1.165) is 22.1 Å². The number of aromatic nitrogens is 4. The normalized spacial score (nSPS) is 20.8. The molecule has 0 aromatic carbocycles. The van der Waals surface area contributed by atoms with E-state index in [9.17, 15) is 29.6 Å². The topological polar surface area (TPSA) is 173 Å². The summed E-state index contributed by atoms with van der Waals surface area (Å²) in [6, 6.07) is -1.80. The zero-order valence-electron chi connectivity index (χ0n) is 17.2. The second kappa shape index (κ2) is 9.11. The van der Waals surface area contributed by atoms with Crippen molar-refractivity contribution in [2.24, 2.45) is 0 Å². The summed E-state index contributed by atoms with van der Waals surface area (Å²) < 4.78 is 1.85. The average molecular weight is 512 g/mol. The molecule has 0 spiro atoms. The van der Waals surface area contributed by atoms with Crippen LogP contribution < -0.4 is 5.32 Å². The molecule has 2 amide bonds. The van der Waals surface area contributed by atoms with Gasteiger partial charge in [-0.25, -0.2) is 4.79 Å². The minimum atomic E-state index is -1.21. The highest BCUT2D eigenvalue weighted by atomic mass is 32.2. The van der Waals surface area contributed by atoms with Crippen LogP contribution in [0.15, 0.2) is 28.0 Å². The van der Waals surface area contributed by atoms with Crippen LogP contribution >= 0.6 is 34.9 Å². The summed E-state index contributed by atoms with van der Waals surface area (Å²) >= 11 is 4.13. The number of β-lactam (4-membered cyclic amide) rings is 1. The molecule has 2 aliphatic heterocycles. The molecule has 2 aliphatic rings. The number of hydrogen-bond donors (Lipinski definition) is 2. The summed E-state index contributed by atoms with van der Waals surface area (Å²) in [6.07, 6.45) is 2.16. The van der Waals surface area contributed by atoms with Gasteiger partial charge in [0.05, 0.1) is 4.92 Å². The van der Waals surface area contributed by atoms with Crippen molar-refractivity contribution in [3.8, 4) is 0 Å². The molecule has 2 aromatic rings. The van der Waals surface area contributed by atoms with Crippen molar-refractivity contribution < 1.29 is 24.4 Å². The molecular weight excluding hydrogens is 494 g/mol. The minimum Gasteiger partial charge on any atom is -0.477 e. The number of aryl methyl sites for hydroxylation is 1. The third-order valence-corrected chi connectivity index (χ3v) is 8.40. The van der Waals surface area contributed by atoms with Gasteiger partial charge in [-0.1, -0.05) is 23.1 Å². The van der Waals surface area contributed by atoms with Gasteiger partial charge in [0.2, 0.25) is 5.91 Å². The van der Waals surface area contributed by atoms with E-state index in [1.54, 1.807) is 0 Å². The van der Waals surface area contributed by atoms with Gasteiger partial charge in [0, 0.05) is 11.5 Å². The second-order valence-electron chi connectivity index (χ2n) is 7.14. The fourth-order valence-electron chi connectivity index (χ4n) is 3.31. The molecule has 3 atom stereocenters. The molecule has 2 N–H and O–H groups in total. The maximum atomic E-state index is 12.8. The highest BCUT2D eigenvalue weighted by molar-refractivity contribution is 8.01. The maximum absolute atomic E-state index is 12.8. The Kier molecular flexibility index (Phi) is 6.40. The Morgan fingerprint density at radius 2 is 2.21 bits per heavy atom. The first-order valence-electron chi connectivity index (χ1n) is 9.49. The lowest BCUT2D eigenvalue weighted by Crippen LogP contribution is -2.71. The van der Waals surface area contributed by atoms with E-state index in [0.29, 0.717) is 21.4 Å². The largest absolute Gasteiger partial charge is 0.477 e. The molecule has 16 heteroatoms. The summed E-state index contributed by atoms with van der Waals surface area (Å²) in [7, 11) is 0. The zero-order chi connectivity index (χ0) is 23.9. The van der Waals surface area contributed by atoms with E-state index in [4.69, 9.17) is 0 Å². The molecule has 33 heavy (non-hydrogen) atoms.